The van der Waals surface area contributed by atoms with E-state index in [-0.39, 0.29) is 29.1 Å². The van der Waals surface area contributed by atoms with Gasteiger partial charge in [0, 0.05) is 7.11 Å². The average molecular weight is 433 g/mol. The van der Waals surface area contributed by atoms with Crippen molar-refractivity contribution >= 4 is 0 Å². The van der Waals surface area contributed by atoms with E-state index in [2.05, 4.69) is 34.6 Å². The molecule has 4 aliphatic carbocycles. The first kappa shape index (κ1) is 23.8. The van der Waals surface area contributed by atoms with Gasteiger partial charge in [-0.25, -0.2) is 0 Å². The molecule has 4 aliphatic rings. The zero-order chi connectivity index (χ0) is 22.6. The van der Waals surface area contributed by atoms with Gasteiger partial charge in [-0.2, -0.15) is 0 Å². The monoisotopic (exact) mass is 432 g/mol. The van der Waals surface area contributed by atoms with E-state index in [9.17, 15) is 10.2 Å². The predicted octanol–water partition coefficient (Wildman–Crippen LogP) is 6.13. The van der Waals surface area contributed by atoms with E-state index in [0.717, 1.165) is 38.0 Å². The fourth-order valence-electron chi connectivity index (χ4n) is 8.65. The van der Waals surface area contributed by atoms with E-state index in [4.69, 9.17) is 4.74 Å². The minimum Gasteiger partial charge on any atom is -0.393 e. The second-order valence-electron chi connectivity index (χ2n) is 12.6. The maximum atomic E-state index is 11.4. The van der Waals surface area contributed by atoms with E-state index in [1.807, 2.05) is 7.11 Å². The van der Waals surface area contributed by atoms with Crippen LogP contribution in [-0.4, -0.2) is 35.6 Å². The van der Waals surface area contributed by atoms with Gasteiger partial charge in [0.15, 0.2) is 0 Å². The molecule has 31 heavy (non-hydrogen) atoms. The molecule has 0 aromatic rings. The molecule has 0 amide bonds. The van der Waals surface area contributed by atoms with Crippen molar-refractivity contribution in [2.24, 2.45) is 40.4 Å². The van der Waals surface area contributed by atoms with Crippen LogP contribution < -0.4 is 0 Å². The molecule has 0 heterocycles. The lowest BCUT2D eigenvalue weighted by Gasteiger charge is -2.58. The number of methoxy groups -OCH3 is 1. The first-order valence-corrected chi connectivity index (χ1v) is 13.2. The molecule has 3 saturated carbocycles. The zero-order valence-electron chi connectivity index (χ0n) is 21.0. The highest BCUT2D eigenvalue weighted by Gasteiger charge is 2.59. The molecule has 0 spiro atoms. The van der Waals surface area contributed by atoms with Gasteiger partial charge in [0.2, 0.25) is 0 Å². The third-order valence-electron chi connectivity index (χ3n) is 10.4. The van der Waals surface area contributed by atoms with E-state index in [1.165, 1.54) is 43.3 Å². The Hall–Kier alpha value is -0.380. The molecule has 3 heteroatoms. The average Bonchev–Trinajstić information content (AvgIpc) is 2.98. The number of hydrogen-bond acceptors (Lipinski definition) is 3. The van der Waals surface area contributed by atoms with Gasteiger partial charge < -0.3 is 14.9 Å². The van der Waals surface area contributed by atoms with Gasteiger partial charge in [-0.3, -0.25) is 0 Å². The van der Waals surface area contributed by atoms with Gasteiger partial charge in [0.1, 0.15) is 0 Å². The topological polar surface area (TPSA) is 49.7 Å². The SMILES string of the molecule is CO[C@@H]1C[C@H]2C[C@@H](O)CC[C@]2(C)[C@H]2CC[C@@]3(C)C(=C12)[C@@H](O)C[C@@H]3[C@H](C)CCCC(C)C. The quantitative estimate of drug-likeness (QED) is 0.497. The number of fused-ring (bicyclic) bond motifs is 4. The second kappa shape index (κ2) is 8.76. The van der Waals surface area contributed by atoms with E-state index in [0.29, 0.717) is 23.7 Å². The Balaban J connectivity index is 1.66. The molecule has 0 unspecified atom stereocenters. The van der Waals surface area contributed by atoms with Gasteiger partial charge in [0.25, 0.3) is 0 Å². The molecular weight excluding hydrogens is 384 g/mol. The number of aliphatic hydroxyl groups excluding tert-OH is 2. The molecule has 178 valence electrons. The van der Waals surface area contributed by atoms with Crippen molar-refractivity contribution in [3.8, 4) is 0 Å². The van der Waals surface area contributed by atoms with Crippen molar-refractivity contribution in [2.75, 3.05) is 7.11 Å². The summed E-state index contributed by atoms with van der Waals surface area (Å²) in [4.78, 5) is 0. The smallest absolute Gasteiger partial charge is 0.0790 e. The maximum Gasteiger partial charge on any atom is 0.0790 e. The number of ether oxygens (including phenoxy) is 1. The van der Waals surface area contributed by atoms with Crippen LogP contribution in [0.3, 0.4) is 0 Å². The van der Waals surface area contributed by atoms with Crippen LogP contribution in [0.4, 0.5) is 0 Å². The van der Waals surface area contributed by atoms with Gasteiger partial charge in [-0.1, -0.05) is 53.9 Å². The molecule has 0 aliphatic heterocycles. The highest BCUT2D eigenvalue weighted by Crippen LogP contribution is 2.66. The zero-order valence-corrected chi connectivity index (χ0v) is 21.0. The van der Waals surface area contributed by atoms with Crippen LogP contribution in [0.1, 0.15) is 98.8 Å². The van der Waals surface area contributed by atoms with Crippen LogP contribution in [0, 0.1) is 40.4 Å². The van der Waals surface area contributed by atoms with Crippen LogP contribution in [0.25, 0.3) is 0 Å². The molecule has 0 aromatic carbocycles. The Bertz CT molecular complexity index is 684. The van der Waals surface area contributed by atoms with Gasteiger partial charge >= 0.3 is 0 Å². The summed E-state index contributed by atoms with van der Waals surface area (Å²) in [7, 11) is 1.86. The first-order chi connectivity index (χ1) is 14.6. The summed E-state index contributed by atoms with van der Waals surface area (Å²) in [5.74, 6) is 3.05. The summed E-state index contributed by atoms with van der Waals surface area (Å²) < 4.78 is 6.13. The van der Waals surface area contributed by atoms with E-state index in [1.54, 1.807) is 0 Å². The largest absolute Gasteiger partial charge is 0.393 e. The second-order valence-corrected chi connectivity index (χ2v) is 12.6. The van der Waals surface area contributed by atoms with E-state index >= 15 is 0 Å². The van der Waals surface area contributed by atoms with Crippen molar-refractivity contribution in [3.63, 3.8) is 0 Å². The van der Waals surface area contributed by atoms with Crippen LogP contribution in [0.5, 0.6) is 0 Å². The van der Waals surface area contributed by atoms with Crippen molar-refractivity contribution < 1.29 is 14.9 Å². The van der Waals surface area contributed by atoms with Gasteiger partial charge in [-0.05, 0) is 96.5 Å². The fraction of sp³-hybridized carbons (Fsp3) is 0.929. The summed E-state index contributed by atoms with van der Waals surface area (Å²) in [5, 5.41) is 21.8. The molecule has 9 atom stereocenters. The van der Waals surface area contributed by atoms with Gasteiger partial charge in [0.05, 0.1) is 18.3 Å². The first-order valence-electron chi connectivity index (χ1n) is 13.2. The lowest BCUT2D eigenvalue weighted by atomic mass is 9.48. The molecule has 4 rings (SSSR count). The molecule has 0 saturated heterocycles. The van der Waals surface area contributed by atoms with Crippen molar-refractivity contribution in [1.29, 1.82) is 0 Å². The van der Waals surface area contributed by atoms with Crippen molar-refractivity contribution in [2.45, 2.75) is 117 Å². The highest BCUT2D eigenvalue weighted by molar-refractivity contribution is 5.40. The normalized spacial score (nSPS) is 46.0. The number of hydrogen-bond donors (Lipinski definition) is 2. The van der Waals surface area contributed by atoms with E-state index < -0.39 is 0 Å². The summed E-state index contributed by atoms with van der Waals surface area (Å²) in [6.07, 6.45) is 10.9. The molecule has 0 aromatic heterocycles. The standard InChI is InChI=1S/C28H48O3/c1-17(2)8-7-9-18(3)22-16-23(30)26-25-21(11-13-28(22,26)5)27(4)12-10-20(29)14-19(27)15-24(25)31-6/h17-24,29-30H,7-16H2,1-6H3/t18-,19-,20+,21+,22-,23+,24-,27+,28-/m1/s1. The lowest BCUT2D eigenvalue weighted by Crippen LogP contribution is -2.52. The Labute approximate surface area is 191 Å². The third-order valence-corrected chi connectivity index (χ3v) is 10.4. The van der Waals surface area contributed by atoms with Crippen molar-refractivity contribution in [3.05, 3.63) is 11.1 Å². The summed E-state index contributed by atoms with van der Waals surface area (Å²) in [6, 6.07) is 0. The molecule has 3 nitrogen and oxygen atoms in total. The summed E-state index contributed by atoms with van der Waals surface area (Å²) in [6.45, 7) is 12.0. The van der Waals surface area contributed by atoms with Crippen LogP contribution in [0.15, 0.2) is 11.1 Å². The Morgan fingerprint density at radius 1 is 1.00 bits per heavy atom. The summed E-state index contributed by atoms with van der Waals surface area (Å²) >= 11 is 0. The summed E-state index contributed by atoms with van der Waals surface area (Å²) in [5.41, 5.74) is 3.23. The Morgan fingerprint density at radius 2 is 1.74 bits per heavy atom. The fourth-order valence-corrected chi connectivity index (χ4v) is 8.65. The molecule has 0 bridgehead atoms. The molecule has 0 radical (unpaired) electrons. The molecule has 2 N–H and O–H groups in total. The Kier molecular flexibility index (Phi) is 6.72. The maximum absolute atomic E-state index is 11.4. The molecular formula is C28H48O3. The van der Waals surface area contributed by atoms with Crippen LogP contribution in [-0.2, 0) is 4.74 Å². The minimum atomic E-state index is -0.299. The highest BCUT2D eigenvalue weighted by atomic mass is 16.5. The van der Waals surface area contributed by atoms with Crippen molar-refractivity contribution in [1.82, 2.24) is 0 Å². The van der Waals surface area contributed by atoms with Crippen LogP contribution >= 0.6 is 0 Å². The number of rotatable bonds is 6. The number of aliphatic hydroxyl groups is 2. The lowest BCUT2D eigenvalue weighted by molar-refractivity contribution is -0.0749. The van der Waals surface area contributed by atoms with Gasteiger partial charge in [-0.15, -0.1) is 0 Å². The third kappa shape index (κ3) is 3.95. The molecule has 3 fully saturated rings. The van der Waals surface area contributed by atoms with Crippen LogP contribution in [0.2, 0.25) is 0 Å². The minimum absolute atomic E-state index is 0.118. The Morgan fingerprint density at radius 3 is 2.42 bits per heavy atom. The predicted molar refractivity (Wildman–Crippen MR) is 127 cm³/mol.